The smallest absolute Gasteiger partial charge is 0.232 e. The average Bonchev–Trinajstić information content (AvgIpc) is 2.51. The quantitative estimate of drug-likeness (QED) is 0.776. The van der Waals surface area contributed by atoms with Gasteiger partial charge < -0.3 is 10.5 Å². The molecular weight excluding hydrogens is 174 g/mol. The van der Waals surface area contributed by atoms with Crippen LogP contribution in [0.3, 0.4) is 0 Å². The van der Waals surface area contributed by atoms with Crippen LogP contribution >= 0.6 is 11.5 Å². The van der Waals surface area contributed by atoms with Gasteiger partial charge in [-0.2, -0.15) is 4.37 Å². The predicted molar refractivity (Wildman–Crippen MR) is 49.0 cm³/mol. The summed E-state index contributed by atoms with van der Waals surface area (Å²) in [5.74, 6) is 0.326. The molecular formula is C7H13N3OS. The van der Waals surface area contributed by atoms with Crippen LogP contribution in [0.25, 0.3) is 0 Å². The standard InChI is InChI=1S/C7H13N3OS/c1-4-7(2,11-3)5-9-6(8)10-12-5/h4H2,1-3H3,(H2,8,10). The van der Waals surface area contributed by atoms with Gasteiger partial charge in [0, 0.05) is 7.11 Å². The molecule has 0 saturated carbocycles. The minimum Gasteiger partial charge on any atom is -0.371 e. The fourth-order valence-corrected chi connectivity index (χ4v) is 1.61. The summed E-state index contributed by atoms with van der Waals surface area (Å²) < 4.78 is 9.25. The normalized spacial score (nSPS) is 15.9. The zero-order valence-corrected chi connectivity index (χ0v) is 8.31. The Balaban J connectivity index is 2.94. The minimum absolute atomic E-state index is 0.326. The number of nitrogens with zero attached hydrogens (tertiary/aromatic N) is 2. The van der Waals surface area contributed by atoms with Crippen molar-refractivity contribution >= 4 is 17.5 Å². The second-order valence-electron chi connectivity index (χ2n) is 2.75. The maximum absolute atomic E-state index is 5.42. The number of nitrogen functional groups attached to an aromatic ring is 1. The molecule has 4 nitrogen and oxygen atoms in total. The van der Waals surface area contributed by atoms with E-state index in [0.717, 1.165) is 11.4 Å². The van der Waals surface area contributed by atoms with Gasteiger partial charge in [-0.1, -0.05) is 6.92 Å². The highest BCUT2D eigenvalue weighted by atomic mass is 32.1. The molecule has 1 atom stereocenters. The van der Waals surface area contributed by atoms with Gasteiger partial charge in [-0.05, 0) is 24.9 Å². The zero-order valence-electron chi connectivity index (χ0n) is 7.50. The Labute approximate surface area is 75.9 Å². The van der Waals surface area contributed by atoms with Gasteiger partial charge in [-0.15, -0.1) is 0 Å². The van der Waals surface area contributed by atoms with E-state index in [1.54, 1.807) is 7.11 Å². The Morgan fingerprint density at radius 1 is 1.67 bits per heavy atom. The summed E-state index contributed by atoms with van der Waals surface area (Å²) in [5.41, 5.74) is 5.08. The molecule has 0 saturated heterocycles. The van der Waals surface area contributed by atoms with E-state index in [0.29, 0.717) is 5.95 Å². The molecule has 0 radical (unpaired) electrons. The highest BCUT2D eigenvalue weighted by Crippen LogP contribution is 2.29. The van der Waals surface area contributed by atoms with Crippen molar-refractivity contribution in [3.63, 3.8) is 0 Å². The molecule has 0 aliphatic carbocycles. The third-order valence-electron chi connectivity index (χ3n) is 2.02. The molecule has 0 fully saturated rings. The molecule has 1 aromatic rings. The van der Waals surface area contributed by atoms with Crippen molar-refractivity contribution in [2.45, 2.75) is 25.9 Å². The van der Waals surface area contributed by atoms with Gasteiger partial charge in [0.25, 0.3) is 0 Å². The first kappa shape index (κ1) is 9.41. The number of ether oxygens (including phenoxy) is 1. The Morgan fingerprint density at radius 2 is 2.33 bits per heavy atom. The van der Waals surface area contributed by atoms with Crippen LogP contribution in [0.15, 0.2) is 0 Å². The van der Waals surface area contributed by atoms with E-state index in [9.17, 15) is 0 Å². The number of aromatic nitrogens is 2. The molecule has 0 bridgehead atoms. The van der Waals surface area contributed by atoms with Gasteiger partial charge in [0.1, 0.15) is 10.6 Å². The van der Waals surface area contributed by atoms with Gasteiger partial charge in [0.2, 0.25) is 5.95 Å². The number of hydrogen-bond donors (Lipinski definition) is 1. The molecule has 12 heavy (non-hydrogen) atoms. The van der Waals surface area contributed by atoms with Crippen LogP contribution in [0.1, 0.15) is 25.3 Å². The van der Waals surface area contributed by atoms with Crippen LogP contribution in [0.2, 0.25) is 0 Å². The fraction of sp³-hybridized carbons (Fsp3) is 0.714. The molecule has 0 amide bonds. The lowest BCUT2D eigenvalue weighted by atomic mass is 10.1. The fourth-order valence-electron chi connectivity index (χ4n) is 0.833. The number of hydrogen-bond acceptors (Lipinski definition) is 5. The van der Waals surface area contributed by atoms with Crippen molar-refractivity contribution < 1.29 is 4.74 Å². The zero-order chi connectivity index (χ0) is 9.19. The van der Waals surface area contributed by atoms with Crippen molar-refractivity contribution in [2.24, 2.45) is 0 Å². The number of nitrogens with two attached hydrogens (primary N) is 1. The van der Waals surface area contributed by atoms with Crippen LogP contribution in [-0.2, 0) is 10.3 Å². The summed E-state index contributed by atoms with van der Waals surface area (Å²) in [6, 6.07) is 0. The first-order valence-electron chi connectivity index (χ1n) is 3.77. The topological polar surface area (TPSA) is 61.0 Å². The molecule has 1 aromatic heterocycles. The molecule has 1 heterocycles. The Bertz CT molecular complexity index is 257. The van der Waals surface area contributed by atoms with Gasteiger partial charge in [0.15, 0.2) is 0 Å². The Kier molecular flexibility index (Phi) is 2.64. The van der Waals surface area contributed by atoms with Crippen LogP contribution in [0.4, 0.5) is 5.95 Å². The third kappa shape index (κ3) is 1.56. The van der Waals surface area contributed by atoms with Crippen molar-refractivity contribution in [1.29, 1.82) is 0 Å². The molecule has 1 unspecified atom stereocenters. The summed E-state index contributed by atoms with van der Waals surface area (Å²) in [6.45, 7) is 4.02. The summed E-state index contributed by atoms with van der Waals surface area (Å²) in [5, 5.41) is 0.838. The first-order valence-corrected chi connectivity index (χ1v) is 4.54. The number of rotatable bonds is 3. The van der Waals surface area contributed by atoms with Gasteiger partial charge in [-0.3, -0.25) is 0 Å². The third-order valence-corrected chi connectivity index (χ3v) is 2.99. The maximum atomic E-state index is 5.42. The summed E-state index contributed by atoms with van der Waals surface area (Å²) in [6.07, 6.45) is 0.859. The van der Waals surface area contributed by atoms with E-state index in [2.05, 4.69) is 9.36 Å². The molecule has 5 heteroatoms. The van der Waals surface area contributed by atoms with Crippen molar-refractivity contribution in [2.75, 3.05) is 12.8 Å². The van der Waals surface area contributed by atoms with E-state index < -0.39 is 0 Å². The molecule has 0 spiro atoms. The average molecular weight is 187 g/mol. The lowest BCUT2D eigenvalue weighted by Crippen LogP contribution is -2.22. The van der Waals surface area contributed by atoms with Crippen LogP contribution in [0.5, 0.6) is 0 Å². The highest BCUT2D eigenvalue weighted by molar-refractivity contribution is 7.05. The lowest BCUT2D eigenvalue weighted by Gasteiger charge is -2.22. The van der Waals surface area contributed by atoms with E-state index in [1.807, 2.05) is 13.8 Å². The number of anilines is 1. The van der Waals surface area contributed by atoms with Gasteiger partial charge in [0.05, 0.1) is 0 Å². The van der Waals surface area contributed by atoms with Gasteiger partial charge in [-0.25, -0.2) is 4.98 Å². The predicted octanol–water partition coefficient (Wildman–Crippen LogP) is 1.39. The molecule has 1 rings (SSSR count). The Hall–Kier alpha value is -0.680. The van der Waals surface area contributed by atoms with Gasteiger partial charge >= 0.3 is 0 Å². The van der Waals surface area contributed by atoms with Crippen molar-refractivity contribution in [3.8, 4) is 0 Å². The van der Waals surface area contributed by atoms with E-state index in [1.165, 1.54) is 11.5 Å². The lowest BCUT2D eigenvalue weighted by molar-refractivity contribution is -0.00148. The van der Waals surface area contributed by atoms with Crippen molar-refractivity contribution in [1.82, 2.24) is 9.36 Å². The van der Waals surface area contributed by atoms with E-state index in [-0.39, 0.29) is 5.60 Å². The SMILES string of the molecule is CCC(C)(OC)c1nc(N)ns1. The molecule has 68 valence electrons. The summed E-state index contributed by atoms with van der Waals surface area (Å²) in [4.78, 5) is 4.08. The monoisotopic (exact) mass is 187 g/mol. The second kappa shape index (κ2) is 3.37. The summed E-state index contributed by atoms with van der Waals surface area (Å²) in [7, 11) is 1.67. The molecule has 0 aromatic carbocycles. The van der Waals surface area contributed by atoms with Crippen LogP contribution in [0, 0.1) is 0 Å². The second-order valence-corrected chi connectivity index (χ2v) is 3.50. The van der Waals surface area contributed by atoms with E-state index in [4.69, 9.17) is 10.5 Å². The van der Waals surface area contributed by atoms with Crippen molar-refractivity contribution in [3.05, 3.63) is 5.01 Å². The maximum Gasteiger partial charge on any atom is 0.232 e. The summed E-state index contributed by atoms with van der Waals surface area (Å²) >= 11 is 1.29. The first-order chi connectivity index (χ1) is 5.62. The molecule has 0 aliphatic rings. The Morgan fingerprint density at radius 3 is 2.67 bits per heavy atom. The number of methoxy groups -OCH3 is 1. The van der Waals surface area contributed by atoms with Crippen LogP contribution in [-0.4, -0.2) is 16.5 Å². The van der Waals surface area contributed by atoms with Crippen LogP contribution < -0.4 is 5.73 Å². The molecule has 2 N–H and O–H groups in total. The highest BCUT2D eigenvalue weighted by Gasteiger charge is 2.27. The minimum atomic E-state index is -0.338. The van der Waals surface area contributed by atoms with E-state index >= 15 is 0 Å². The molecule has 0 aliphatic heterocycles. The largest absolute Gasteiger partial charge is 0.371 e.